The maximum atomic E-state index is 11.9. The molecule has 0 saturated heterocycles. The van der Waals surface area contributed by atoms with Crippen LogP contribution in [0.15, 0.2) is 36.4 Å². The zero-order valence-corrected chi connectivity index (χ0v) is 14.3. The van der Waals surface area contributed by atoms with Gasteiger partial charge in [0.2, 0.25) is 0 Å². The van der Waals surface area contributed by atoms with Crippen LogP contribution in [0.5, 0.6) is 0 Å². The molecule has 1 aromatic heterocycles. The van der Waals surface area contributed by atoms with Gasteiger partial charge in [0.1, 0.15) is 6.10 Å². The Kier molecular flexibility index (Phi) is 6.15. The molecule has 2 N–H and O–H groups in total. The van der Waals surface area contributed by atoms with Crippen molar-refractivity contribution in [2.75, 3.05) is 19.0 Å². The predicted molar refractivity (Wildman–Crippen MR) is 91.9 cm³/mol. The first-order chi connectivity index (χ1) is 11.0. The molecule has 2 rings (SSSR count). The number of anilines is 1. The van der Waals surface area contributed by atoms with E-state index in [9.17, 15) is 9.59 Å². The Labute approximate surface area is 143 Å². The van der Waals surface area contributed by atoms with Gasteiger partial charge in [0.25, 0.3) is 0 Å². The van der Waals surface area contributed by atoms with Gasteiger partial charge >= 0.3 is 11.8 Å². The minimum absolute atomic E-state index is 0.188. The zero-order valence-electron chi connectivity index (χ0n) is 12.8. The van der Waals surface area contributed by atoms with E-state index in [0.29, 0.717) is 10.0 Å². The van der Waals surface area contributed by atoms with Crippen LogP contribution in [0.25, 0.3) is 0 Å². The summed E-state index contributed by atoms with van der Waals surface area (Å²) in [5.74, 6) is -1.43. The summed E-state index contributed by atoms with van der Waals surface area (Å²) in [7, 11) is 1.54. The van der Waals surface area contributed by atoms with Crippen LogP contribution in [0.4, 0.5) is 5.69 Å². The summed E-state index contributed by atoms with van der Waals surface area (Å²) < 4.78 is 5.96. The lowest BCUT2D eigenvalue weighted by Gasteiger charge is -2.14. The van der Waals surface area contributed by atoms with E-state index in [0.717, 1.165) is 10.4 Å². The number of carbonyl (C=O) groups excluding carboxylic acids is 2. The minimum atomic E-state index is -0.713. The van der Waals surface area contributed by atoms with Crippen molar-refractivity contribution in [3.05, 3.63) is 51.2 Å². The highest BCUT2D eigenvalue weighted by molar-refractivity contribution is 7.16. The summed E-state index contributed by atoms with van der Waals surface area (Å²) in [6.45, 7) is 2.10. The van der Waals surface area contributed by atoms with Gasteiger partial charge in [0, 0.05) is 24.2 Å². The molecule has 1 heterocycles. The molecule has 0 fully saturated rings. The molecule has 0 bridgehead atoms. The van der Waals surface area contributed by atoms with Gasteiger partial charge in [-0.15, -0.1) is 11.3 Å². The van der Waals surface area contributed by atoms with Crippen molar-refractivity contribution in [1.82, 2.24) is 5.32 Å². The Morgan fingerprint density at radius 1 is 1.26 bits per heavy atom. The number of hydrogen-bond donors (Lipinski definition) is 2. The standard InChI is InChI=1S/C16H17ClN2O3S/c1-10-4-3-5-11(8-10)19-16(21)15(20)18-9-12(22-2)13-6-7-14(17)23-13/h3-8,12H,9H2,1-2H3,(H,18,20)(H,19,21). The van der Waals surface area contributed by atoms with Crippen LogP contribution in [0.3, 0.4) is 0 Å². The van der Waals surface area contributed by atoms with Gasteiger partial charge in [-0.2, -0.15) is 0 Å². The normalized spacial score (nSPS) is 11.8. The molecule has 2 amide bonds. The molecule has 1 aromatic carbocycles. The van der Waals surface area contributed by atoms with Crippen LogP contribution in [-0.4, -0.2) is 25.5 Å². The molecule has 0 saturated carbocycles. The van der Waals surface area contributed by atoms with Crippen molar-refractivity contribution in [2.45, 2.75) is 13.0 Å². The largest absolute Gasteiger partial charge is 0.374 e. The van der Waals surface area contributed by atoms with E-state index >= 15 is 0 Å². The molecular weight excluding hydrogens is 336 g/mol. The Hall–Kier alpha value is -1.89. The fourth-order valence-corrected chi connectivity index (χ4v) is 3.12. The number of carbonyl (C=O) groups is 2. The molecule has 5 nitrogen and oxygen atoms in total. The summed E-state index contributed by atoms with van der Waals surface area (Å²) in [6.07, 6.45) is -0.344. The van der Waals surface area contributed by atoms with Gasteiger partial charge in [0.15, 0.2) is 0 Å². The minimum Gasteiger partial charge on any atom is -0.374 e. The monoisotopic (exact) mass is 352 g/mol. The summed E-state index contributed by atoms with van der Waals surface area (Å²) in [5, 5.41) is 5.12. The van der Waals surface area contributed by atoms with E-state index in [1.54, 1.807) is 18.2 Å². The van der Waals surface area contributed by atoms with Crippen LogP contribution in [0.2, 0.25) is 4.34 Å². The van der Waals surface area contributed by atoms with Crippen LogP contribution < -0.4 is 10.6 Å². The Bertz CT molecular complexity index is 702. The Morgan fingerprint density at radius 3 is 2.65 bits per heavy atom. The third kappa shape index (κ3) is 5.06. The predicted octanol–water partition coefficient (Wildman–Crippen LogP) is 3.15. The maximum Gasteiger partial charge on any atom is 0.313 e. The Morgan fingerprint density at radius 2 is 2.04 bits per heavy atom. The van der Waals surface area contributed by atoms with Crippen molar-refractivity contribution < 1.29 is 14.3 Å². The van der Waals surface area contributed by atoms with Gasteiger partial charge < -0.3 is 15.4 Å². The molecule has 1 unspecified atom stereocenters. The van der Waals surface area contributed by atoms with Crippen molar-refractivity contribution in [2.24, 2.45) is 0 Å². The number of aryl methyl sites for hydroxylation is 1. The lowest BCUT2D eigenvalue weighted by Crippen LogP contribution is -2.37. The smallest absolute Gasteiger partial charge is 0.313 e. The average Bonchev–Trinajstić information content (AvgIpc) is 2.94. The van der Waals surface area contributed by atoms with Crippen LogP contribution in [0.1, 0.15) is 16.5 Å². The number of nitrogens with one attached hydrogen (secondary N) is 2. The van der Waals surface area contributed by atoms with Crippen LogP contribution in [-0.2, 0) is 14.3 Å². The molecule has 0 radical (unpaired) electrons. The number of benzene rings is 1. The van der Waals surface area contributed by atoms with Crippen molar-refractivity contribution >= 4 is 40.4 Å². The van der Waals surface area contributed by atoms with Gasteiger partial charge in [0.05, 0.1) is 4.34 Å². The molecule has 7 heteroatoms. The average molecular weight is 353 g/mol. The van der Waals surface area contributed by atoms with Gasteiger partial charge in [-0.3, -0.25) is 9.59 Å². The van der Waals surface area contributed by atoms with Gasteiger partial charge in [-0.25, -0.2) is 0 Å². The molecule has 122 valence electrons. The number of hydrogen-bond acceptors (Lipinski definition) is 4. The lowest BCUT2D eigenvalue weighted by atomic mass is 10.2. The van der Waals surface area contributed by atoms with E-state index in [1.807, 2.05) is 25.1 Å². The van der Waals surface area contributed by atoms with E-state index in [1.165, 1.54) is 18.4 Å². The zero-order chi connectivity index (χ0) is 16.8. The number of ether oxygens (including phenoxy) is 1. The summed E-state index contributed by atoms with van der Waals surface area (Å²) >= 11 is 7.26. The fourth-order valence-electron chi connectivity index (χ4n) is 1.98. The first kappa shape index (κ1) is 17.5. The first-order valence-corrected chi connectivity index (χ1v) is 8.13. The summed E-state index contributed by atoms with van der Waals surface area (Å²) in [4.78, 5) is 24.7. The van der Waals surface area contributed by atoms with E-state index in [2.05, 4.69) is 10.6 Å². The molecule has 0 aliphatic heterocycles. The number of amides is 2. The Balaban J connectivity index is 1.89. The third-order valence-electron chi connectivity index (χ3n) is 3.13. The quantitative estimate of drug-likeness (QED) is 0.812. The highest BCUT2D eigenvalue weighted by Crippen LogP contribution is 2.28. The second kappa shape index (κ2) is 8.10. The van der Waals surface area contributed by atoms with E-state index in [-0.39, 0.29) is 12.6 Å². The lowest BCUT2D eigenvalue weighted by molar-refractivity contribution is -0.136. The number of rotatable bonds is 5. The number of methoxy groups -OCH3 is 1. The third-order valence-corrected chi connectivity index (χ3v) is 4.45. The van der Waals surface area contributed by atoms with Crippen LogP contribution >= 0.6 is 22.9 Å². The van der Waals surface area contributed by atoms with Crippen LogP contribution in [0, 0.1) is 6.92 Å². The molecule has 2 aromatic rings. The highest BCUT2D eigenvalue weighted by Gasteiger charge is 2.18. The summed E-state index contributed by atoms with van der Waals surface area (Å²) in [6, 6.07) is 10.8. The second-order valence-corrected chi connectivity index (χ2v) is 6.65. The molecule has 0 spiro atoms. The molecule has 0 aliphatic rings. The van der Waals surface area contributed by atoms with Gasteiger partial charge in [-0.05, 0) is 36.8 Å². The SMILES string of the molecule is COC(CNC(=O)C(=O)Nc1cccc(C)c1)c1ccc(Cl)s1. The molecular formula is C16H17ClN2O3S. The molecule has 0 aliphatic carbocycles. The maximum absolute atomic E-state index is 11.9. The topological polar surface area (TPSA) is 67.4 Å². The highest BCUT2D eigenvalue weighted by atomic mass is 35.5. The fraction of sp³-hybridized carbons (Fsp3) is 0.250. The first-order valence-electron chi connectivity index (χ1n) is 6.93. The van der Waals surface area contributed by atoms with E-state index < -0.39 is 11.8 Å². The number of thiophene rings is 1. The number of halogens is 1. The van der Waals surface area contributed by atoms with Crippen molar-refractivity contribution in [1.29, 1.82) is 0 Å². The second-order valence-electron chi connectivity index (χ2n) is 4.90. The van der Waals surface area contributed by atoms with Crippen molar-refractivity contribution in [3.63, 3.8) is 0 Å². The molecule has 1 atom stereocenters. The summed E-state index contributed by atoms with van der Waals surface area (Å²) in [5.41, 5.74) is 1.58. The van der Waals surface area contributed by atoms with Gasteiger partial charge in [-0.1, -0.05) is 23.7 Å². The van der Waals surface area contributed by atoms with E-state index in [4.69, 9.17) is 16.3 Å². The van der Waals surface area contributed by atoms with Crippen molar-refractivity contribution in [3.8, 4) is 0 Å². The molecule has 23 heavy (non-hydrogen) atoms.